The van der Waals surface area contributed by atoms with Crippen LogP contribution in [0.5, 0.6) is 11.5 Å². The van der Waals surface area contributed by atoms with E-state index in [0.29, 0.717) is 50.8 Å². The Kier molecular flexibility index (Phi) is 7.49. The van der Waals surface area contributed by atoms with Gasteiger partial charge in [-0.05, 0) is 30.3 Å². The molecule has 4 aromatic rings. The third kappa shape index (κ3) is 5.21. The number of aryl methyl sites for hydroxylation is 1. The summed E-state index contributed by atoms with van der Waals surface area (Å²) in [7, 11) is 1.51. The lowest BCUT2D eigenvalue weighted by Crippen LogP contribution is -2.22. The smallest absolute Gasteiger partial charge is 0.282 e. The molecule has 0 spiro atoms. The van der Waals surface area contributed by atoms with Gasteiger partial charge in [-0.1, -0.05) is 52.7 Å². The quantitative estimate of drug-likeness (QED) is 0.274. The molecule has 35 heavy (non-hydrogen) atoms. The molecule has 176 valence electrons. The largest absolute Gasteiger partial charge is 0.493 e. The minimum atomic E-state index is -0.288. The van der Waals surface area contributed by atoms with Gasteiger partial charge in [-0.2, -0.15) is 15.0 Å². The predicted molar refractivity (Wildman–Crippen MR) is 140 cm³/mol. The Morgan fingerprint density at radius 2 is 2.03 bits per heavy atom. The fourth-order valence-electron chi connectivity index (χ4n) is 3.56. The highest BCUT2D eigenvalue weighted by Crippen LogP contribution is 2.34. The van der Waals surface area contributed by atoms with Gasteiger partial charge in [0.25, 0.3) is 5.56 Å². The van der Waals surface area contributed by atoms with E-state index in [1.807, 2.05) is 25.1 Å². The average molecular weight is 552 g/mol. The number of hydrogen-bond acceptors (Lipinski definition) is 6. The van der Waals surface area contributed by atoms with Crippen molar-refractivity contribution in [1.29, 1.82) is 5.26 Å². The molecule has 0 N–H and O–H groups in total. The highest BCUT2D eigenvalue weighted by atomic mass is 79.9. The molecule has 0 unspecified atom stereocenters. The molecule has 0 saturated heterocycles. The zero-order valence-electron chi connectivity index (χ0n) is 19.0. The van der Waals surface area contributed by atoms with Crippen molar-refractivity contribution in [3.63, 3.8) is 0 Å². The summed E-state index contributed by atoms with van der Waals surface area (Å²) in [5.41, 5.74) is 2.06. The molecular formula is C26H20BrClN4O3. The Morgan fingerprint density at radius 1 is 1.23 bits per heavy atom. The van der Waals surface area contributed by atoms with Crippen LogP contribution in [-0.4, -0.2) is 23.0 Å². The predicted octanol–water partition coefficient (Wildman–Crippen LogP) is 5.72. The van der Waals surface area contributed by atoms with Gasteiger partial charge in [0, 0.05) is 33.1 Å². The first kappa shape index (κ1) is 24.5. The maximum atomic E-state index is 13.2. The molecule has 0 aliphatic carbocycles. The van der Waals surface area contributed by atoms with E-state index in [1.54, 1.807) is 36.4 Å². The molecule has 9 heteroatoms. The first-order valence-corrected chi connectivity index (χ1v) is 11.9. The van der Waals surface area contributed by atoms with Crippen molar-refractivity contribution in [2.24, 2.45) is 5.10 Å². The summed E-state index contributed by atoms with van der Waals surface area (Å²) in [6.07, 6.45) is 2.00. The maximum Gasteiger partial charge on any atom is 0.282 e. The van der Waals surface area contributed by atoms with Crippen molar-refractivity contribution in [2.45, 2.75) is 20.0 Å². The molecule has 7 nitrogen and oxygen atoms in total. The number of fused-ring (bicyclic) bond motifs is 1. The molecule has 0 saturated carbocycles. The van der Waals surface area contributed by atoms with E-state index in [4.69, 9.17) is 21.1 Å². The van der Waals surface area contributed by atoms with Crippen LogP contribution in [0.15, 0.2) is 69.0 Å². The summed E-state index contributed by atoms with van der Waals surface area (Å²) in [5.74, 6) is 1.30. The number of benzene rings is 3. The van der Waals surface area contributed by atoms with E-state index >= 15 is 0 Å². The van der Waals surface area contributed by atoms with Crippen LogP contribution in [0, 0.1) is 11.3 Å². The van der Waals surface area contributed by atoms with E-state index < -0.39 is 0 Å². The average Bonchev–Trinajstić information content (AvgIpc) is 2.87. The van der Waals surface area contributed by atoms with Gasteiger partial charge in [0.2, 0.25) is 0 Å². The van der Waals surface area contributed by atoms with Crippen LogP contribution in [0.25, 0.3) is 10.9 Å². The van der Waals surface area contributed by atoms with E-state index in [9.17, 15) is 10.1 Å². The summed E-state index contributed by atoms with van der Waals surface area (Å²) in [6, 6.07) is 18.0. The number of nitriles is 1. The van der Waals surface area contributed by atoms with Crippen molar-refractivity contribution in [2.75, 3.05) is 7.11 Å². The van der Waals surface area contributed by atoms with E-state index in [1.165, 1.54) is 18.0 Å². The molecule has 0 radical (unpaired) electrons. The summed E-state index contributed by atoms with van der Waals surface area (Å²) >= 11 is 9.71. The molecule has 3 aromatic carbocycles. The van der Waals surface area contributed by atoms with Crippen molar-refractivity contribution in [3.05, 3.63) is 97.0 Å². The van der Waals surface area contributed by atoms with Gasteiger partial charge in [0.05, 0.1) is 35.9 Å². The van der Waals surface area contributed by atoms with Crippen LogP contribution in [0.1, 0.15) is 29.4 Å². The lowest BCUT2D eigenvalue weighted by atomic mass is 10.1. The van der Waals surface area contributed by atoms with Crippen molar-refractivity contribution in [3.8, 4) is 17.6 Å². The number of hydrogen-bond donors (Lipinski definition) is 0. The van der Waals surface area contributed by atoms with E-state index in [-0.39, 0.29) is 12.2 Å². The van der Waals surface area contributed by atoms with Gasteiger partial charge in [-0.3, -0.25) is 4.79 Å². The Morgan fingerprint density at radius 3 is 2.77 bits per heavy atom. The molecule has 0 amide bonds. The molecule has 1 aromatic heterocycles. The SMILES string of the molecule is CCc1nc2ccc(Br)cc2c(=O)n1N=Cc1cc(Cl)cc(OC)c1OCc1ccccc1C#N. The van der Waals surface area contributed by atoms with Gasteiger partial charge in [-0.15, -0.1) is 0 Å². The second-order valence-corrected chi connectivity index (χ2v) is 8.84. The maximum absolute atomic E-state index is 13.2. The standard InChI is InChI=1S/C26H20BrClN4O3/c1-3-24-31-22-9-8-19(27)11-21(22)26(33)32(24)30-14-18-10-20(28)12-23(34-2)25(18)35-15-17-7-5-4-6-16(17)13-29/h4-12,14H,3,15H2,1-2H3. The Balaban J connectivity index is 1.78. The van der Waals surface area contributed by atoms with Crippen molar-refractivity contribution in [1.82, 2.24) is 9.66 Å². The van der Waals surface area contributed by atoms with Gasteiger partial charge in [-0.25, -0.2) is 4.98 Å². The second kappa shape index (κ2) is 10.7. The van der Waals surface area contributed by atoms with Gasteiger partial charge < -0.3 is 9.47 Å². The lowest BCUT2D eigenvalue weighted by molar-refractivity contribution is 0.284. The Hall–Kier alpha value is -3.67. The van der Waals surface area contributed by atoms with Crippen LogP contribution < -0.4 is 15.0 Å². The molecule has 0 aliphatic heterocycles. The molecule has 1 heterocycles. The molecule has 0 bridgehead atoms. The minimum Gasteiger partial charge on any atom is -0.493 e. The van der Waals surface area contributed by atoms with Crippen LogP contribution in [0.2, 0.25) is 5.02 Å². The minimum absolute atomic E-state index is 0.133. The number of methoxy groups -OCH3 is 1. The van der Waals surface area contributed by atoms with Crippen LogP contribution in [0.4, 0.5) is 0 Å². The Labute approximate surface area is 215 Å². The molecule has 0 aliphatic rings. The fourth-order valence-corrected chi connectivity index (χ4v) is 4.14. The Bertz CT molecular complexity index is 1540. The highest BCUT2D eigenvalue weighted by molar-refractivity contribution is 9.10. The molecule has 0 atom stereocenters. The van der Waals surface area contributed by atoms with Crippen molar-refractivity contribution < 1.29 is 9.47 Å². The van der Waals surface area contributed by atoms with Crippen LogP contribution in [0.3, 0.4) is 0 Å². The first-order valence-electron chi connectivity index (χ1n) is 10.7. The van der Waals surface area contributed by atoms with E-state index in [0.717, 1.165) is 10.0 Å². The summed E-state index contributed by atoms with van der Waals surface area (Å²) in [5, 5.41) is 14.7. The highest BCUT2D eigenvalue weighted by Gasteiger charge is 2.15. The molecule has 4 rings (SSSR count). The zero-order chi connectivity index (χ0) is 24.9. The number of halogens is 2. The normalized spacial score (nSPS) is 11.1. The molecular weight excluding hydrogens is 532 g/mol. The summed E-state index contributed by atoms with van der Waals surface area (Å²) < 4.78 is 13.6. The third-order valence-electron chi connectivity index (χ3n) is 5.28. The van der Waals surface area contributed by atoms with Crippen LogP contribution >= 0.6 is 27.5 Å². The van der Waals surface area contributed by atoms with Crippen LogP contribution in [-0.2, 0) is 13.0 Å². The van der Waals surface area contributed by atoms with Crippen molar-refractivity contribution >= 4 is 44.6 Å². The molecule has 0 fully saturated rings. The summed E-state index contributed by atoms with van der Waals surface area (Å²) in [4.78, 5) is 17.8. The number of ether oxygens (including phenoxy) is 2. The van der Waals surface area contributed by atoms with Gasteiger partial charge in [0.15, 0.2) is 11.5 Å². The first-order chi connectivity index (χ1) is 16.9. The number of rotatable bonds is 7. The van der Waals surface area contributed by atoms with E-state index in [2.05, 4.69) is 32.1 Å². The topological polar surface area (TPSA) is 89.5 Å². The summed E-state index contributed by atoms with van der Waals surface area (Å²) in [6.45, 7) is 2.04. The van der Waals surface area contributed by atoms with Gasteiger partial charge in [0.1, 0.15) is 12.4 Å². The zero-order valence-corrected chi connectivity index (χ0v) is 21.3. The lowest BCUT2D eigenvalue weighted by Gasteiger charge is -2.15. The third-order valence-corrected chi connectivity index (χ3v) is 5.99. The monoisotopic (exact) mass is 550 g/mol. The number of nitrogens with zero attached hydrogens (tertiary/aromatic N) is 4. The fraction of sp³-hybridized carbons (Fsp3) is 0.154. The van der Waals surface area contributed by atoms with Gasteiger partial charge >= 0.3 is 0 Å². The second-order valence-electron chi connectivity index (χ2n) is 7.49. The number of aromatic nitrogens is 2.